The number of hydrogen-bond donors (Lipinski definition) is 1. The van der Waals surface area contributed by atoms with Crippen LogP contribution in [0.1, 0.15) is 42.5 Å². The van der Waals surface area contributed by atoms with Crippen LogP contribution in [0.2, 0.25) is 0 Å². The van der Waals surface area contributed by atoms with Crippen LogP contribution in [-0.2, 0) is 20.7 Å². The zero-order valence-corrected chi connectivity index (χ0v) is 21.9. The zero-order chi connectivity index (χ0) is 27.5. The Kier molecular flexibility index (Phi) is 9.94. The summed E-state index contributed by atoms with van der Waals surface area (Å²) in [7, 11) is 0. The second-order valence-electron chi connectivity index (χ2n) is 8.94. The summed E-state index contributed by atoms with van der Waals surface area (Å²) in [6.45, 7) is 2.47. The number of carbonyl (C=O) groups excluding carboxylic acids is 2. The van der Waals surface area contributed by atoms with Crippen LogP contribution in [0.4, 0.5) is 4.39 Å². The van der Waals surface area contributed by atoms with E-state index in [-0.39, 0.29) is 37.6 Å². The van der Waals surface area contributed by atoms with E-state index in [1.165, 1.54) is 23.8 Å². The SMILES string of the molecule is CCOc1cc(/C=C/C(=O)OCC(=O)NC2CCCc3ccccc32)ccc1OCCOc1ccc(F)cc1. The van der Waals surface area contributed by atoms with Gasteiger partial charge in [-0.05, 0) is 85.4 Å². The quantitative estimate of drug-likeness (QED) is 0.190. The van der Waals surface area contributed by atoms with Gasteiger partial charge in [-0.2, -0.15) is 0 Å². The molecule has 0 aromatic heterocycles. The van der Waals surface area contributed by atoms with Crippen LogP contribution in [-0.4, -0.2) is 38.3 Å². The lowest BCUT2D eigenvalue weighted by atomic mass is 9.88. The minimum absolute atomic E-state index is 0.0658. The Morgan fingerprint density at radius 2 is 1.77 bits per heavy atom. The van der Waals surface area contributed by atoms with E-state index in [0.29, 0.717) is 29.4 Å². The number of amides is 1. The Morgan fingerprint density at radius 3 is 2.59 bits per heavy atom. The molecule has 1 amide bonds. The highest BCUT2D eigenvalue weighted by Crippen LogP contribution is 2.30. The standard InChI is InChI=1S/C31H32FNO6/c1-2-36-29-20-22(10-16-28(29)38-19-18-37-25-14-12-24(32)13-15-25)11-17-31(35)39-21-30(34)33-27-9-5-7-23-6-3-4-8-26(23)27/h3-4,6,8,10-17,20,27H,2,5,7,9,18-19,21H2,1H3,(H,33,34)/b17-11+. The Bertz CT molecular complexity index is 1290. The van der Waals surface area contributed by atoms with Gasteiger partial charge in [0.15, 0.2) is 18.1 Å². The fraction of sp³-hybridized carbons (Fsp3) is 0.290. The lowest BCUT2D eigenvalue weighted by Gasteiger charge is -2.26. The predicted octanol–water partition coefficient (Wildman–Crippen LogP) is 5.43. The first-order valence-electron chi connectivity index (χ1n) is 13.0. The minimum Gasteiger partial charge on any atom is -0.490 e. The summed E-state index contributed by atoms with van der Waals surface area (Å²) in [5.41, 5.74) is 3.07. The molecular formula is C31H32FNO6. The maximum absolute atomic E-state index is 13.0. The van der Waals surface area contributed by atoms with Gasteiger partial charge in [0, 0.05) is 6.08 Å². The van der Waals surface area contributed by atoms with Gasteiger partial charge in [0.05, 0.1) is 12.6 Å². The summed E-state index contributed by atoms with van der Waals surface area (Å²) < 4.78 is 35.1. The third kappa shape index (κ3) is 8.33. The number of ether oxygens (including phenoxy) is 4. The lowest BCUT2D eigenvalue weighted by molar-refractivity contribution is -0.144. The van der Waals surface area contributed by atoms with Crippen LogP contribution < -0.4 is 19.5 Å². The highest BCUT2D eigenvalue weighted by atomic mass is 19.1. The van der Waals surface area contributed by atoms with Gasteiger partial charge in [0.2, 0.25) is 0 Å². The van der Waals surface area contributed by atoms with Gasteiger partial charge in [-0.15, -0.1) is 0 Å². The number of hydrogen-bond acceptors (Lipinski definition) is 6. The number of benzene rings is 3. The van der Waals surface area contributed by atoms with Crippen LogP contribution in [0.25, 0.3) is 6.08 Å². The molecule has 39 heavy (non-hydrogen) atoms. The summed E-state index contributed by atoms with van der Waals surface area (Å²) in [6, 6.07) is 19.0. The summed E-state index contributed by atoms with van der Waals surface area (Å²) in [5.74, 6) is 0.317. The molecule has 7 nitrogen and oxygen atoms in total. The van der Waals surface area contributed by atoms with E-state index in [0.717, 1.165) is 24.8 Å². The molecule has 8 heteroatoms. The third-order valence-electron chi connectivity index (χ3n) is 6.15. The Balaban J connectivity index is 1.24. The van der Waals surface area contributed by atoms with E-state index >= 15 is 0 Å². The highest BCUT2D eigenvalue weighted by Gasteiger charge is 2.21. The fourth-order valence-corrected chi connectivity index (χ4v) is 4.35. The predicted molar refractivity (Wildman–Crippen MR) is 145 cm³/mol. The molecule has 4 rings (SSSR count). The molecule has 0 heterocycles. The zero-order valence-electron chi connectivity index (χ0n) is 21.9. The van der Waals surface area contributed by atoms with Crippen LogP contribution in [0, 0.1) is 5.82 Å². The average molecular weight is 534 g/mol. The van der Waals surface area contributed by atoms with Crippen LogP contribution in [0.15, 0.2) is 72.8 Å². The van der Waals surface area contributed by atoms with Crippen molar-refractivity contribution in [3.8, 4) is 17.2 Å². The van der Waals surface area contributed by atoms with Gasteiger partial charge in [0.25, 0.3) is 5.91 Å². The molecule has 1 unspecified atom stereocenters. The van der Waals surface area contributed by atoms with E-state index < -0.39 is 5.97 Å². The molecule has 0 aliphatic heterocycles. The molecule has 1 aliphatic carbocycles. The van der Waals surface area contributed by atoms with Crippen molar-refractivity contribution in [3.63, 3.8) is 0 Å². The number of esters is 1. The monoisotopic (exact) mass is 533 g/mol. The molecule has 0 saturated carbocycles. The average Bonchev–Trinajstić information content (AvgIpc) is 2.95. The highest BCUT2D eigenvalue weighted by molar-refractivity contribution is 5.89. The number of aryl methyl sites for hydroxylation is 1. The van der Waals surface area contributed by atoms with Gasteiger partial charge in [-0.25, -0.2) is 9.18 Å². The maximum Gasteiger partial charge on any atom is 0.331 e. The molecule has 1 N–H and O–H groups in total. The smallest absolute Gasteiger partial charge is 0.331 e. The molecule has 0 spiro atoms. The lowest BCUT2D eigenvalue weighted by Crippen LogP contribution is -2.34. The van der Waals surface area contributed by atoms with Crippen molar-refractivity contribution in [3.05, 3.63) is 95.3 Å². The van der Waals surface area contributed by atoms with Crippen molar-refractivity contribution >= 4 is 18.0 Å². The Hall–Kier alpha value is -4.33. The molecule has 1 atom stereocenters. The van der Waals surface area contributed by atoms with Crippen molar-refractivity contribution in [2.45, 2.75) is 32.2 Å². The van der Waals surface area contributed by atoms with Gasteiger partial charge in [-0.3, -0.25) is 4.79 Å². The molecule has 0 fully saturated rings. The van der Waals surface area contributed by atoms with E-state index in [1.807, 2.05) is 25.1 Å². The number of rotatable bonds is 12. The van der Waals surface area contributed by atoms with Crippen LogP contribution in [0.5, 0.6) is 17.2 Å². The largest absolute Gasteiger partial charge is 0.490 e. The van der Waals surface area contributed by atoms with E-state index in [1.54, 1.807) is 36.4 Å². The van der Waals surface area contributed by atoms with E-state index in [2.05, 4.69) is 11.4 Å². The molecule has 0 saturated heterocycles. The topological polar surface area (TPSA) is 83.1 Å². The molecule has 204 valence electrons. The summed E-state index contributed by atoms with van der Waals surface area (Å²) in [5, 5.41) is 2.97. The van der Waals surface area contributed by atoms with E-state index in [9.17, 15) is 14.0 Å². The summed E-state index contributed by atoms with van der Waals surface area (Å²) in [4.78, 5) is 24.6. The van der Waals surface area contributed by atoms with Crippen molar-refractivity contribution in [1.29, 1.82) is 0 Å². The van der Waals surface area contributed by atoms with Crippen molar-refractivity contribution in [2.75, 3.05) is 26.4 Å². The normalized spacial score (nSPS) is 14.4. The third-order valence-corrected chi connectivity index (χ3v) is 6.15. The summed E-state index contributed by atoms with van der Waals surface area (Å²) >= 11 is 0. The number of halogens is 1. The second-order valence-corrected chi connectivity index (χ2v) is 8.94. The van der Waals surface area contributed by atoms with Crippen molar-refractivity contribution in [2.24, 2.45) is 0 Å². The van der Waals surface area contributed by atoms with Gasteiger partial charge >= 0.3 is 5.97 Å². The van der Waals surface area contributed by atoms with Crippen LogP contribution >= 0.6 is 0 Å². The first-order chi connectivity index (χ1) is 19.0. The Morgan fingerprint density at radius 1 is 0.974 bits per heavy atom. The minimum atomic E-state index is -0.620. The molecule has 0 radical (unpaired) electrons. The number of nitrogens with one attached hydrogen (secondary N) is 1. The number of fused-ring (bicyclic) bond motifs is 1. The van der Waals surface area contributed by atoms with Crippen molar-refractivity contribution in [1.82, 2.24) is 5.32 Å². The van der Waals surface area contributed by atoms with Gasteiger partial charge in [0.1, 0.15) is 24.8 Å². The Labute approximate surface area is 227 Å². The molecule has 1 aliphatic rings. The molecule has 3 aromatic carbocycles. The van der Waals surface area contributed by atoms with Gasteiger partial charge in [-0.1, -0.05) is 30.3 Å². The summed E-state index contributed by atoms with van der Waals surface area (Å²) in [6.07, 6.45) is 5.72. The van der Waals surface area contributed by atoms with E-state index in [4.69, 9.17) is 18.9 Å². The molecular weight excluding hydrogens is 501 g/mol. The second kappa shape index (κ2) is 14.0. The first kappa shape index (κ1) is 27.7. The van der Waals surface area contributed by atoms with Gasteiger partial charge < -0.3 is 24.3 Å². The first-order valence-corrected chi connectivity index (χ1v) is 13.0. The molecule has 0 bridgehead atoms. The number of carbonyl (C=O) groups is 2. The van der Waals surface area contributed by atoms with Crippen molar-refractivity contribution < 1.29 is 32.9 Å². The maximum atomic E-state index is 13.0. The van der Waals surface area contributed by atoms with Crippen LogP contribution in [0.3, 0.4) is 0 Å². The molecule has 3 aromatic rings. The fourth-order valence-electron chi connectivity index (χ4n) is 4.35.